The van der Waals surface area contributed by atoms with Crippen LogP contribution < -0.4 is 16.2 Å². The Balaban J connectivity index is 0.00000131. The third kappa shape index (κ3) is 5.02. The van der Waals surface area contributed by atoms with E-state index >= 15 is 0 Å². The van der Waals surface area contributed by atoms with Gasteiger partial charge in [0.1, 0.15) is 0 Å². The largest absolute Gasteiger partial charge is 0.317 e. The third-order valence-corrected chi connectivity index (χ3v) is 6.23. The molecule has 1 aromatic heterocycles. The van der Waals surface area contributed by atoms with Crippen LogP contribution in [0.15, 0.2) is 35.3 Å². The van der Waals surface area contributed by atoms with E-state index in [1.807, 2.05) is 24.3 Å². The van der Waals surface area contributed by atoms with Crippen LogP contribution in [0.1, 0.15) is 38.5 Å². The van der Waals surface area contributed by atoms with Crippen molar-refractivity contribution in [3.8, 4) is 0 Å². The lowest BCUT2D eigenvalue weighted by molar-refractivity contribution is 0.115. The van der Waals surface area contributed by atoms with Gasteiger partial charge in [-0.25, -0.2) is 4.68 Å². The lowest BCUT2D eigenvalue weighted by atomic mass is 9.67. The number of fused-ring (bicyclic) bond motifs is 1. The van der Waals surface area contributed by atoms with Crippen molar-refractivity contribution in [3.63, 3.8) is 0 Å². The van der Waals surface area contributed by atoms with Crippen molar-refractivity contribution in [2.45, 2.75) is 51.1 Å². The van der Waals surface area contributed by atoms with Crippen LogP contribution in [-0.2, 0) is 6.54 Å². The number of halogens is 2. The minimum absolute atomic E-state index is 0. The maximum atomic E-state index is 12.5. The van der Waals surface area contributed by atoms with E-state index in [2.05, 4.69) is 15.7 Å². The second-order valence-corrected chi connectivity index (χ2v) is 7.74. The summed E-state index contributed by atoms with van der Waals surface area (Å²) in [5.41, 5.74) is 0.623. The van der Waals surface area contributed by atoms with E-state index in [0.29, 0.717) is 18.0 Å². The molecule has 7 heteroatoms. The van der Waals surface area contributed by atoms with E-state index in [1.165, 1.54) is 51.6 Å². The second kappa shape index (κ2) is 9.87. The van der Waals surface area contributed by atoms with Gasteiger partial charge in [-0.1, -0.05) is 18.2 Å². The van der Waals surface area contributed by atoms with E-state index in [9.17, 15) is 4.79 Å². The molecule has 0 amide bonds. The molecule has 2 fully saturated rings. The molecule has 1 aliphatic heterocycles. The lowest BCUT2D eigenvalue weighted by Gasteiger charge is -2.43. The van der Waals surface area contributed by atoms with Gasteiger partial charge in [0, 0.05) is 18.0 Å². The monoisotopic (exact) mass is 412 g/mol. The quantitative estimate of drug-likeness (QED) is 0.809. The molecule has 1 saturated heterocycles. The van der Waals surface area contributed by atoms with Gasteiger partial charge in [-0.15, -0.1) is 24.8 Å². The minimum atomic E-state index is 0. The van der Waals surface area contributed by atoms with Gasteiger partial charge in [-0.2, -0.15) is 5.10 Å². The van der Waals surface area contributed by atoms with Crippen LogP contribution in [0.2, 0.25) is 0 Å². The number of hydrogen-bond donors (Lipinski definition) is 2. The first-order valence-electron chi connectivity index (χ1n) is 9.65. The number of hydrogen-bond acceptors (Lipinski definition) is 4. The van der Waals surface area contributed by atoms with Gasteiger partial charge in [-0.05, 0) is 63.1 Å². The molecule has 27 heavy (non-hydrogen) atoms. The highest BCUT2D eigenvalue weighted by Gasteiger charge is 2.35. The van der Waals surface area contributed by atoms with Gasteiger partial charge in [0.05, 0.1) is 18.1 Å². The lowest BCUT2D eigenvalue weighted by Crippen LogP contribution is -2.44. The van der Waals surface area contributed by atoms with Crippen molar-refractivity contribution in [1.82, 2.24) is 20.4 Å². The Hall–Kier alpha value is -1.14. The van der Waals surface area contributed by atoms with E-state index in [4.69, 9.17) is 0 Å². The molecule has 1 saturated carbocycles. The third-order valence-electron chi connectivity index (χ3n) is 6.23. The Kier molecular flexibility index (Phi) is 8.10. The molecule has 4 rings (SSSR count). The molecule has 150 valence electrons. The second-order valence-electron chi connectivity index (χ2n) is 7.74. The molecule has 5 nitrogen and oxygen atoms in total. The summed E-state index contributed by atoms with van der Waals surface area (Å²) in [7, 11) is 0. The zero-order chi connectivity index (χ0) is 17.1. The average molecular weight is 413 g/mol. The molecule has 2 heterocycles. The zero-order valence-corrected chi connectivity index (χ0v) is 17.3. The maximum absolute atomic E-state index is 12.5. The van der Waals surface area contributed by atoms with E-state index in [-0.39, 0.29) is 30.4 Å². The molecule has 1 spiro atoms. The molecule has 0 radical (unpaired) electrons. The average Bonchev–Trinajstić information content (AvgIpc) is 2.66. The van der Waals surface area contributed by atoms with E-state index in [1.54, 1.807) is 10.9 Å². The fourth-order valence-electron chi connectivity index (χ4n) is 4.55. The molecule has 0 bridgehead atoms. The first-order valence-corrected chi connectivity index (χ1v) is 9.65. The van der Waals surface area contributed by atoms with E-state index < -0.39 is 0 Å². The molecular formula is C20H30Cl2N4O. The van der Waals surface area contributed by atoms with Gasteiger partial charge in [0.15, 0.2) is 0 Å². The molecule has 1 aromatic carbocycles. The minimum Gasteiger partial charge on any atom is -0.317 e. The molecular weight excluding hydrogens is 383 g/mol. The Morgan fingerprint density at radius 3 is 2.56 bits per heavy atom. The summed E-state index contributed by atoms with van der Waals surface area (Å²) in [6.07, 6.45) is 9.70. The zero-order valence-electron chi connectivity index (χ0n) is 15.7. The highest BCUT2D eigenvalue weighted by molar-refractivity contribution is 5.85. The van der Waals surface area contributed by atoms with Crippen LogP contribution in [0.5, 0.6) is 0 Å². The van der Waals surface area contributed by atoms with Crippen molar-refractivity contribution in [2.75, 3.05) is 19.6 Å². The molecule has 1 aliphatic carbocycles. The Labute approximate surface area is 173 Å². The highest BCUT2D eigenvalue weighted by atomic mass is 35.5. The maximum Gasteiger partial charge on any atom is 0.274 e. The summed E-state index contributed by atoms with van der Waals surface area (Å²) >= 11 is 0. The molecule has 2 aliphatic rings. The molecule has 2 aromatic rings. The standard InChI is InChI=1S/C20H28N4O.2ClH/c25-19-18-4-2-1-3-16(18)15-23-24(19)14-13-22-17-5-7-20(8-6-17)9-11-21-12-10-20;;/h1-4,15,17,21-22H,5-14H2;2*1H. The van der Waals surface area contributed by atoms with Crippen LogP contribution in [0.4, 0.5) is 0 Å². The smallest absolute Gasteiger partial charge is 0.274 e. The first kappa shape index (κ1) is 22.2. The van der Waals surface area contributed by atoms with Gasteiger partial charge in [0.2, 0.25) is 0 Å². The number of aromatic nitrogens is 2. The molecule has 0 atom stereocenters. The Bertz CT molecular complexity index is 779. The normalized spacial score (nSPS) is 19.4. The van der Waals surface area contributed by atoms with Crippen LogP contribution in [-0.4, -0.2) is 35.5 Å². The van der Waals surface area contributed by atoms with Crippen LogP contribution in [0.3, 0.4) is 0 Å². The van der Waals surface area contributed by atoms with Crippen molar-refractivity contribution >= 4 is 35.6 Å². The van der Waals surface area contributed by atoms with Gasteiger partial charge in [-0.3, -0.25) is 4.79 Å². The first-order chi connectivity index (χ1) is 12.3. The van der Waals surface area contributed by atoms with Crippen LogP contribution in [0, 0.1) is 5.41 Å². The molecule has 2 N–H and O–H groups in total. The Morgan fingerprint density at radius 2 is 1.81 bits per heavy atom. The number of rotatable bonds is 4. The summed E-state index contributed by atoms with van der Waals surface area (Å²) in [6.45, 7) is 3.82. The summed E-state index contributed by atoms with van der Waals surface area (Å²) < 4.78 is 1.59. The summed E-state index contributed by atoms with van der Waals surface area (Å²) in [4.78, 5) is 12.5. The van der Waals surface area contributed by atoms with Crippen molar-refractivity contribution in [2.24, 2.45) is 5.41 Å². The number of benzene rings is 1. The topological polar surface area (TPSA) is 59.0 Å². The fourth-order valence-corrected chi connectivity index (χ4v) is 4.55. The predicted octanol–water partition coefficient (Wildman–Crippen LogP) is 3.14. The number of piperidine rings is 1. The highest BCUT2D eigenvalue weighted by Crippen LogP contribution is 2.43. The summed E-state index contributed by atoms with van der Waals surface area (Å²) in [5, 5.41) is 13.1. The van der Waals surface area contributed by atoms with Crippen molar-refractivity contribution in [1.29, 1.82) is 0 Å². The number of nitrogens with zero attached hydrogens (tertiary/aromatic N) is 2. The van der Waals surface area contributed by atoms with Crippen molar-refractivity contribution in [3.05, 3.63) is 40.8 Å². The van der Waals surface area contributed by atoms with Crippen LogP contribution in [0.25, 0.3) is 10.8 Å². The summed E-state index contributed by atoms with van der Waals surface area (Å²) in [5.74, 6) is 0. The van der Waals surface area contributed by atoms with E-state index in [0.717, 1.165) is 17.3 Å². The SMILES string of the molecule is Cl.Cl.O=c1c2ccccc2cnn1CCNC1CCC2(CCNCC2)CC1. The molecule has 0 unspecified atom stereocenters. The fraction of sp³-hybridized carbons (Fsp3) is 0.600. The number of nitrogens with one attached hydrogen (secondary N) is 2. The van der Waals surface area contributed by atoms with Gasteiger partial charge < -0.3 is 10.6 Å². The summed E-state index contributed by atoms with van der Waals surface area (Å²) in [6, 6.07) is 8.25. The predicted molar refractivity (Wildman–Crippen MR) is 115 cm³/mol. The van der Waals surface area contributed by atoms with Crippen LogP contribution >= 0.6 is 24.8 Å². The Morgan fingerprint density at radius 1 is 1.11 bits per heavy atom. The van der Waals surface area contributed by atoms with Gasteiger partial charge >= 0.3 is 0 Å². The van der Waals surface area contributed by atoms with Gasteiger partial charge in [0.25, 0.3) is 5.56 Å². The van der Waals surface area contributed by atoms with Crippen molar-refractivity contribution < 1.29 is 0 Å².